The highest BCUT2D eigenvalue weighted by molar-refractivity contribution is 7.92. The van der Waals surface area contributed by atoms with Crippen molar-refractivity contribution in [1.82, 2.24) is 14.5 Å². The van der Waals surface area contributed by atoms with E-state index in [-0.39, 0.29) is 10.7 Å². The van der Waals surface area contributed by atoms with E-state index in [9.17, 15) is 8.42 Å². The minimum absolute atomic E-state index is 0.0368. The normalized spacial score (nSPS) is 14.6. The van der Waals surface area contributed by atoms with Gasteiger partial charge in [0.15, 0.2) is 0 Å². The highest BCUT2D eigenvalue weighted by Crippen LogP contribution is 2.24. The second kappa shape index (κ2) is 10.7. The zero-order valence-electron chi connectivity index (χ0n) is 20.4. The van der Waals surface area contributed by atoms with E-state index in [0.29, 0.717) is 17.7 Å². The SMILES string of the molecule is N=C(N)c1ccc(Cc2nc3cc(NS(=O)(=O)c4ccccc4)ccc3n2CCN2CCOCC2)cc1. The number of sulfonamides is 1. The highest BCUT2D eigenvalue weighted by atomic mass is 32.2. The van der Waals surface area contributed by atoms with E-state index < -0.39 is 10.0 Å². The third kappa shape index (κ3) is 5.82. The number of aromatic nitrogens is 2. The maximum absolute atomic E-state index is 12.8. The Hall–Kier alpha value is -3.73. The van der Waals surface area contributed by atoms with Gasteiger partial charge in [-0.25, -0.2) is 13.4 Å². The van der Waals surface area contributed by atoms with Crippen molar-refractivity contribution >= 4 is 32.6 Å². The molecule has 5 rings (SSSR count). The zero-order valence-corrected chi connectivity index (χ0v) is 21.2. The molecule has 4 N–H and O–H groups in total. The first-order chi connectivity index (χ1) is 17.9. The van der Waals surface area contributed by atoms with Crippen LogP contribution in [0.5, 0.6) is 0 Å². The third-order valence-electron chi connectivity index (χ3n) is 6.50. The van der Waals surface area contributed by atoms with Gasteiger partial charge in [0.25, 0.3) is 10.0 Å². The second-order valence-electron chi connectivity index (χ2n) is 9.04. The van der Waals surface area contributed by atoms with Crippen molar-refractivity contribution in [2.75, 3.05) is 37.6 Å². The van der Waals surface area contributed by atoms with Crippen LogP contribution < -0.4 is 10.5 Å². The summed E-state index contributed by atoms with van der Waals surface area (Å²) in [6.07, 6.45) is 0.598. The van der Waals surface area contributed by atoms with E-state index in [1.807, 2.05) is 30.3 Å². The van der Waals surface area contributed by atoms with Crippen LogP contribution >= 0.6 is 0 Å². The molecule has 0 radical (unpaired) electrons. The van der Waals surface area contributed by atoms with Gasteiger partial charge in [0.05, 0.1) is 34.8 Å². The summed E-state index contributed by atoms with van der Waals surface area (Å²) in [6.45, 7) is 4.91. The number of imidazole rings is 1. The van der Waals surface area contributed by atoms with Gasteiger partial charge in [-0.2, -0.15) is 0 Å². The number of benzene rings is 3. The van der Waals surface area contributed by atoms with Gasteiger partial charge in [-0.1, -0.05) is 42.5 Å². The molecule has 0 unspecified atom stereocenters. The fourth-order valence-electron chi connectivity index (χ4n) is 4.49. The lowest BCUT2D eigenvalue weighted by Gasteiger charge is -2.27. The van der Waals surface area contributed by atoms with E-state index >= 15 is 0 Å². The number of hydrogen-bond acceptors (Lipinski definition) is 6. The molecule has 0 spiro atoms. The lowest BCUT2D eigenvalue weighted by Crippen LogP contribution is -2.38. The molecule has 2 heterocycles. The number of amidine groups is 1. The Bertz CT molecular complexity index is 1490. The standard InChI is InChI=1S/C27H30N6O3S/c28-27(29)21-8-6-20(7-9-21)18-26-30-24-19-22(31-37(34,35)23-4-2-1-3-5-23)10-11-25(24)33(26)13-12-32-14-16-36-17-15-32/h1-11,19,31H,12-18H2,(H3,28,29). The molecule has 1 aliphatic heterocycles. The van der Waals surface area contributed by atoms with Crippen molar-refractivity contribution in [2.45, 2.75) is 17.9 Å². The van der Waals surface area contributed by atoms with Gasteiger partial charge in [0.1, 0.15) is 11.7 Å². The summed E-state index contributed by atoms with van der Waals surface area (Å²) in [4.78, 5) is 7.50. The van der Waals surface area contributed by atoms with Crippen molar-refractivity contribution in [3.8, 4) is 0 Å². The average molecular weight is 519 g/mol. The van der Waals surface area contributed by atoms with Gasteiger partial charge >= 0.3 is 0 Å². The summed E-state index contributed by atoms with van der Waals surface area (Å²) in [7, 11) is -3.70. The van der Waals surface area contributed by atoms with Crippen molar-refractivity contribution in [3.63, 3.8) is 0 Å². The molecule has 10 heteroatoms. The predicted octanol–water partition coefficient (Wildman–Crippen LogP) is 3.04. The molecule has 3 aromatic carbocycles. The molecule has 9 nitrogen and oxygen atoms in total. The maximum atomic E-state index is 12.8. The van der Waals surface area contributed by atoms with Crippen LogP contribution in [0.25, 0.3) is 11.0 Å². The molecule has 1 fully saturated rings. The number of fused-ring (bicyclic) bond motifs is 1. The zero-order chi connectivity index (χ0) is 25.8. The first-order valence-electron chi connectivity index (χ1n) is 12.2. The van der Waals surface area contributed by atoms with Crippen molar-refractivity contribution in [2.24, 2.45) is 5.73 Å². The summed E-state index contributed by atoms with van der Waals surface area (Å²) in [5, 5.41) is 7.62. The minimum Gasteiger partial charge on any atom is -0.384 e. The molecule has 4 aromatic rings. The van der Waals surface area contributed by atoms with Gasteiger partial charge in [-0.05, 0) is 35.9 Å². The summed E-state index contributed by atoms with van der Waals surface area (Å²) in [6, 6.07) is 21.4. The molecule has 0 saturated carbocycles. The van der Waals surface area contributed by atoms with Gasteiger partial charge < -0.3 is 15.0 Å². The number of ether oxygens (including phenoxy) is 1. The Balaban J connectivity index is 1.45. The summed E-state index contributed by atoms with van der Waals surface area (Å²) < 4.78 is 36.0. The molecule has 1 saturated heterocycles. The first kappa shape index (κ1) is 24.9. The number of nitrogens with two attached hydrogens (primary N) is 1. The Kier molecular flexibility index (Phi) is 7.22. The van der Waals surface area contributed by atoms with Crippen LogP contribution in [0.3, 0.4) is 0 Å². The number of hydrogen-bond donors (Lipinski definition) is 3. The molecule has 1 aliphatic rings. The molecule has 192 valence electrons. The maximum Gasteiger partial charge on any atom is 0.261 e. The Morgan fingerprint density at radius 2 is 1.73 bits per heavy atom. The van der Waals surface area contributed by atoms with Crippen molar-refractivity contribution in [3.05, 3.63) is 89.7 Å². The quantitative estimate of drug-likeness (QED) is 0.231. The van der Waals surface area contributed by atoms with E-state index in [1.165, 1.54) is 0 Å². The number of anilines is 1. The number of nitrogens with zero attached hydrogens (tertiary/aromatic N) is 3. The van der Waals surface area contributed by atoms with Crippen molar-refractivity contribution in [1.29, 1.82) is 5.41 Å². The Morgan fingerprint density at radius 1 is 1.00 bits per heavy atom. The molecular formula is C27H30N6O3S. The van der Waals surface area contributed by atoms with E-state index in [2.05, 4.69) is 14.2 Å². The number of rotatable bonds is 9. The van der Waals surface area contributed by atoms with Crippen LogP contribution in [-0.2, 0) is 27.7 Å². The second-order valence-corrected chi connectivity index (χ2v) is 10.7. The number of morpholine rings is 1. The molecule has 0 amide bonds. The lowest BCUT2D eigenvalue weighted by atomic mass is 10.1. The van der Waals surface area contributed by atoms with Gasteiger partial charge in [0.2, 0.25) is 0 Å². The average Bonchev–Trinajstić information content (AvgIpc) is 3.24. The summed E-state index contributed by atoms with van der Waals surface area (Å²) in [5.41, 5.74) is 9.48. The lowest BCUT2D eigenvalue weighted by molar-refractivity contribution is 0.0364. The molecule has 0 bridgehead atoms. The predicted molar refractivity (Wildman–Crippen MR) is 145 cm³/mol. The van der Waals surface area contributed by atoms with Crippen LogP contribution in [0.4, 0.5) is 5.69 Å². The van der Waals surface area contributed by atoms with Crippen molar-refractivity contribution < 1.29 is 13.2 Å². The molecule has 0 aliphatic carbocycles. The fraction of sp³-hybridized carbons (Fsp3) is 0.259. The van der Waals surface area contributed by atoms with Gasteiger partial charge in [-0.3, -0.25) is 15.0 Å². The fourth-order valence-corrected chi connectivity index (χ4v) is 5.56. The third-order valence-corrected chi connectivity index (χ3v) is 7.90. The van der Waals surface area contributed by atoms with Crippen LogP contribution in [0, 0.1) is 5.41 Å². The first-order valence-corrected chi connectivity index (χ1v) is 13.7. The van der Waals surface area contributed by atoms with Gasteiger partial charge in [-0.15, -0.1) is 0 Å². The smallest absolute Gasteiger partial charge is 0.261 e. The van der Waals surface area contributed by atoms with Gasteiger partial charge in [0, 0.05) is 38.2 Å². The molecule has 0 atom stereocenters. The number of nitrogen functional groups attached to an aromatic ring is 1. The summed E-state index contributed by atoms with van der Waals surface area (Å²) >= 11 is 0. The minimum atomic E-state index is -3.70. The van der Waals surface area contributed by atoms with E-state index in [0.717, 1.165) is 61.8 Å². The monoisotopic (exact) mass is 518 g/mol. The molecule has 1 aromatic heterocycles. The summed E-state index contributed by atoms with van der Waals surface area (Å²) in [5.74, 6) is 0.927. The molecular weight excluding hydrogens is 488 g/mol. The van der Waals surface area contributed by atoms with Crippen LogP contribution in [0.15, 0.2) is 77.7 Å². The molecule has 37 heavy (non-hydrogen) atoms. The topological polar surface area (TPSA) is 126 Å². The van der Waals surface area contributed by atoms with Crippen LogP contribution in [0.2, 0.25) is 0 Å². The van der Waals surface area contributed by atoms with E-state index in [4.69, 9.17) is 20.9 Å². The Morgan fingerprint density at radius 3 is 2.43 bits per heavy atom. The number of nitrogens with one attached hydrogen (secondary N) is 2. The largest absolute Gasteiger partial charge is 0.384 e. The Labute approximate surface area is 216 Å². The van der Waals surface area contributed by atoms with Crippen LogP contribution in [-0.4, -0.2) is 61.6 Å². The van der Waals surface area contributed by atoms with Crippen LogP contribution in [0.1, 0.15) is 17.0 Å². The van der Waals surface area contributed by atoms with E-state index in [1.54, 1.807) is 42.5 Å². The highest BCUT2D eigenvalue weighted by Gasteiger charge is 2.18.